The number of piperidine rings is 1. The van der Waals surface area contributed by atoms with Crippen molar-refractivity contribution in [3.63, 3.8) is 0 Å². The molecule has 1 aliphatic heterocycles. The van der Waals surface area contributed by atoms with Gasteiger partial charge in [0.05, 0.1) is 17.6 Å². The van der Waals surface area contributed by atoms with Crippen molar-refractivity contribution in [2.24, 2.45) is 5.92 Å². The molecule has 0 saturated carbocycles. The fourth-order valence-corrected chi connectivity index (χ4v) is 4.86. The summed E-state index contributed by atoms with van der Waals surface area (Å²) in [7, 11) is 0. The molecule has 0 spiro atoms. The Hall–Kier alpha value is -2.41. The van der Waals surface area contributed by atoms with Crippen molar-refractivity contribution < 1.29 is 9.32 Å². The van der Waals surface area contributed by atoms with Crippen LogP contribution in [0.25, 0.3) is 11.4 Å². The number of carbonyl (C=O) groups excluding carboxylic acids is 1. The predicted molar refractivity (Wildman–Crippen MR) is 130 cm³/mol. The summed E-state index contributed by atoms with van der Waals surface area (Å²) in [5.74, 6) is 1.11. The first-order chi connectivity index (χ1) is 15.8. The van der Waals surface area contributed by atoms with Crippen molar-refractivity contribution in [1.82, 2.24) is 20.4 Å². The molecule has 2 aromatic carbocycles. The fourth-order valence-electron chi connectivity index (χ4n) is 4.36. The molecule has 2 heterocycles. The third kappa shape index (κ3) is 5.75. The van der Waals surface area contributed by atoms with Crippen molar-refractivity contribution in [2.75, 3.05) is 13.1 Å². The van der Waals surface area contributed by atoms with E-state index in [1.165, 1.54) is 16.7 Å². The first-order valence-electron chi connectivity index (χ1n) is 11.2. The molecule has 0 radical (unpaired) electrons. The van der Waals surface area contributed by atoms with E-state index in [9.17, 15) is 4.79 Å². The van der Waals surface area contributed by atoms with Gasteiger partial charge in [0.15, 0.2) is 0 Å². The zero-order valence-electron chi connectivity index (χ0n) is 19.1. The summed E-state index contributed by atoms with van der Waals surface area (Å²) in [6, 6.07) is 11.5. The van der Waals surface area contributed by atoms with Gasteiger partial charge in [-0.15, -0.1) is 0 Å². The molecule has 1 saturated heterocycles. The van der Waals surface area contributed by atoms with Crippen LogP contribution in [-0.2, 0) is 11.3 Å². The molecular weight excluding hydrogens is 459 g/mol. The lowest BCUT2D eigenvalue weighted by Gasteiger charge is -2.31. The molecule has 3 aromatic rings. The number of halogens is 2. The van der Waals surface area contributed by atoms with Crippen molar-refractivity contribution in [3.8, 4) is 11.4 Å². The molecule has 1 atom stereocenters. The number of aromatic nitrogens is 2. The summed E-state index contributed by atoms with van der Waals surface area (Å²) in [4.78, 5) is 19.6. The van der Waals surface area contributed by atoms with E-state index in [0.29, 0.717) is 33.9 Å². The number of nitrogens with one attached hydrogen (secondary N) is 1. The molecule has 1 unspecified atom stereocenters. The number of rotatable bonds is 6. The van der Waals surface area contributed by atoms with Gasteiger partial charge in [0, 0.05) is 16.5 Å². The van der Waals surface area contributed by atoms with Gasteiger partial charge in [-0.1, -0.05) is 52.1 Å². The van der Waals surface area contributed by atoms with Crippen LogP contribution in [0.3, 0.4) is 0 Å². The second kappa shape index (κ2) is 10.2. The van der Waals surface area contributed by atoms with Crippen molar-refractivity contribution in [2.45, 2.75) is 46.2 Å². The Bertz CT molecular complexity index is 1140. The largest absolute Gasteiger partial charge is 0.349 e. The summed E-state index contributed by atoms with van der Waals surface area (Å²) in [6.45, 7) is 8.37. The first-order valence-corrected chi connectivity index (χ1v) is 11.9. The standard InChI is InChI=1S/C25H28Cl2N4O2/c1-15-4-6-20(16(2)12-15)17(3)28-25(32)18-8-10-31(11-9-18)14-23-29-24(30-33-23)21-7-5-19(26)13-22(21)27/h4-7,12-13,17-18H,8-11,14H2,1-3H3,(H,28,32). The van der Waals surface area contributed by atoms with Crippen molar-refractivity contribution in [3.05, 3.63) is 69.0 Å². The Morgan fingerprint density at radius 1 is 1.18 bits per heavy atom. The minimum atomic E-state index is -0.00682. The molecule has 1 amide bonds. The zero-order chi connectivity index (χ0) is 23.5. The van der Waals surface area contributed by atoms with Crippen molar-refractivity contribution in [1.29, 1.82) is 0 Å². The Morgan fingerprint density at radius 2 is 1.94 bits per heavy atom. The summed E-state index contributed by atoms with van der Waals surface area (Å²) >= 11 is 12.2. The van der Waals surface area contributed by atoms with E-state index in [1.807, 2.05) is 6.92 Å². The van der Waals surface area contributed by atoms with Crippen LogP contribution in [0.2, 0.25) is 10.0 Å². The maximum Gasteiger partial charge on any atom is 0.241 e. The second-order valence-electron chi connectivity index (χ2n) is 8.78. The number of amides is 1. The molecule has 33 heavy (non-hydrogen) atoms. The smallest absolute Gasteiger partial charge is 0.241 e. The molecule has 6 nitrogen and oxygen atoms in total. The summed E-state index contributed by atoms with van der Waals surface area (Å²) in [5.41, 5.74) is 4.28. The highest BCUT2D eigenvalue weighted by atomic mass is 35.5. The zero-order valence-corrected chi connectivity index (χ0v) is 20.6. The van der Waals surface area contributed by atoms with Crippen LogP contribution in [0.1, 0.15) is 48.4 Å². The maximum atomic E-state index is 12.8. The topological polar surface area (TPSA) is 71.3 Å². The van der Waals surface area contributed by atoms with Crippen LogP contribution in [0.5, 0.6) is 0 Å². The lowest BCUT2D eigenvalue weighted by atomic mass is 9.94. The lowest BCUT2D eigenvalue weighted by molar-refractivity contribution is -0.127. The average Bonchev–Trinajstić information content (AvgIpc) is 3.22. The van der Waals surface area contributed by atoms with Gasteiger partial charge in [-0.2, -0.15) is 4.98 Å². The highest BCUT2D eigenvalue weighted by molar-refractivity contribution is 6.36. The van der Waals surface area contributed by atoms with E-state index >= 15 is 0 Å². The van der Waals surface area contributed by atoms with Gasteiger partial charge in [-0.05, 0) is 76.0 Å². The normalized spacial score (nSPS) is 16.0. The van der Waals surface area contributed by atoms with Gasteiger partial charge in [-0.25, -0.2) is 0 Å². The van der Waals surface area contributed by atoms with E-state index in [0.717, 1.165) is 25.9 Å². The molecule has 0 aliphatic carbocycles. The Balaban J connectivity index is 1.29. The quantitative estimate of drug-likeness (QED) is 0.480. The number of hydrogen-bond acceptors (Lipinski definition) is 5. The van der Waals surface area contributed by atoms with E-state index in [1.54, 1.807) is 18.2 Å². The number of likely N-dealkylation sites (tertiary alicyclic amines) is 1. The molecular formula is C25H28Cl2N4O2. The van der Waals surface area contributed by atoms with Gasteiger partial charge in [-0.3, -0.25) is 9.69 Å². The number of aryl methyl sites for hydroxylation is 2. The van der Waals surface area contributed by atoms with Crippen LogP contribution >= 0.6 is 23.2 Å². The number of carbonyl (C=O) groups is 1. The molecule has 4 rings (SSSR count). The highest BCUT2D eigenvalue weighted by Crippen LogP contribution is 2.29. The Kier molecular flexibility index (Phi) is 7.37. The van der Waals surface area contributed by atoms with E-state index < -0.39 is 0 Å². The minimum Gasteiger partial charge on any atom is -0.349 e. The van der Waals surface area contributed by atoms with Gasteiger partial charge in [0.25, 0.3) is 0 Å². The van der Waals surface area contributed by atoms with Crippen LogP contribution in [0, 0.1) is 19.8 Å². The average molecular weight is 487 g/mol. The summed E-state index contributed by atoms with van der Waals surface area (Å²) < 4.78 is 5.43. The summed E-state index contributed by atoms with van der Waals surface area (Å²) in [6.07, 6.45) is 1.60. The van der Waals surface area contributed by atoms with Gasteiger partial charge in [0.1, 0.15) is 0 Å². The molecule has 1 fully saturated rings. The fraction of sp³-hybridized carbons (Fsp3) is 0.400. The Labute approximate surface area is 204 Å². The monoisotopic (exact) mass is 486 g/mol. The van der Waals surface area contributed by atoms with E-state index in [2.05, 4.69) is 52.4 Å². The van der Waals surface area contributed by atoms with Crippen molar-refractivity contribution >= 4 is 29.1 Å². The SMILES string of the molecule is Cc1ccc(C(C)NC(=O)C2CCN(Cc3nc(-c4ccc(Cl)cc4Cl)no3)CC2)c(C)c1. The number of benzene rings is 2. The predicted octanol–water partition coefficient (Wildman–Crippen LogP) is 5.75. The molecule has 1 aromatic heterocycles. The minimum absolute atomic E-state index is 0.00682. The van der Waals surface area contributed by atoms with Gasteiger partial charge in [0.2, 0.25) is 17.6 Å². The van der Waals surface area contributed by atoms with Crippen LogP contribution < -0.4 is 5.32 Å². The third-order valence-corrected chi connectivity index (χ3v) is 6.76. The maximum absolute atomic E-state index is 12.8. The van der Waals surface area contributed by atoms with Gasteiger partial charge < -0.3 is 9.84 Å². The molecule has 0 bridgehead atoms. The highest BCUT2D eigenvalue weighted by Gasteiger charge is 2.27. The van der Waals surface area contributed by atoms with Gasteiger partial charge >= 0.3 is 0 Å². The summed E-state index contributed by atoms with van der Waals surface area (Å²) in [5, 5.41) is 8.30. The third-order valence-electron chi connectivity index (χ3n) is 6.21. The second-order valence-corrected chi connectivity index (χ2v) is 9.62. The number of hydrogen-bond donors (Lipinski definition) is 1. The van der Waals surface area contributed by atoms with Crippen LogP contribution in [-0.4, -0.2) is 34.0 Å². The molecule has 1 aliphatic rings. The first kappa shape index (κ1) is 23.7. The molecule has 1 N–H and O–H groups in total. The molecule has 8 heteroatoms. The Morgan fingerprint density at radius 3 is 2.64 bits per heavy atom. The van der Waals surface area contributed by atoms with E-state index in [4.69, 9.17) is 27.7 Å². The van der Waals surface area contributed by atoms with Crippen LogP contribution in [0.4, 0.5) is 0 Å². The molecule has 174 valence electrons. The van der Waals surface area contributed by atoms with Crippen LogP contribution in [0.15, 0.2) is 40.9 Å². The lowest BCUT2D eigenvalue weighted by Crippen LogP contribution is -2.41. The van der Waals surface area contributed by atoms with E-state index in [-0.39, 0.29) is 17.9 Å². The number of nitrogens with zero attached hydrogens (tertiary/aromatic N) is 3.